The first kappa shape index (κ1) is 17.1. The zero-order valence-corrected chi connectivity index (χ0v) is 14.6. The van der Waals surface area contributed by atoms with E-state index in [0.29, 0.717) is 13.1 Å². The lowest BCUT2D eigenvalue weighted by atomic mass is 9.88. The molecule has 130 valence electrons. The minimum absolute atomic E-state index is 0.0262. The Morgan fingerprint density at radius 3 is 2.72 bits per heavy atom. The van der Waals surface area contributed by atoms with Gasteiger partial charge in [0, 0.05) is 19.1 Å². The van der Waals surface area contributed by atoms with Crippen LogP contribution in [0.1, 0.15) is 29.7 Å². The van der Waals surface area contributed by atoms with Gasteiger partial charge in [-0.3, -0.25) is 0 Å². The Bertz CT molecular complexity index is 729. The van der Waals surface area contributed by atoms with E-state index in [2.05, 4.69) is 47.5 Å². The van der Waals surface area contributed by atoms with Crippen molar-refractivity contribution < 1.29 is 4.79 Å². The normalized spacial score (nSPS) is 17.3. The van der Waals surface area contributed by atoms with E-state index >= 15 is 0 Å². The predicted octanol–water partition coefficient (Wildman–Crippen LogP) is 3.47. The van der Waals surface area contributed by atoms with Gasteiger partial charge in [0.25, 0.3) is 0 Å². The smallest absolute Gasteiger partial charge is 0.318 e. The molecule has 2 atom stereocenters. The minimum Gasteiger partial charge on any atom is -0.389 e. The molecule has 0 saturated heterocycles. The van der Waals surface area contributed by atoms with E-state index in [1.54, 1.807) is 6.20 Å². The third-order valence-corrected chi connectivity index (χ3v) is 4.60. The molecule has 4 heteroatoms. The number of nitrogens with zero attached hydrogens (tertiary/aromatic N) is 1. The second-order valence-corrected chi connectivity index (χ2v) is 6.42. The van der Waals surface area contributed by atoms with Crippen molar-refractivity contribution in [2.45, 2.75) is 25.4 Å². The third kappa shape index (κ3) is 3.85. The van der Waals surface area contributed by atoms with Gasteiger partial charge in [-0.05, 0) is 36.2 Å². The van der Waals surface area contributed by atoms with Crippen LogP contribution in [0, 0.1) is 0 Å². The van der Waals surface area contributed by atoms with E-state index in [0.717, 1.165) is 12.0 Å². The van der Waals surface area contributed by atoms with Gasteiger partial charge in [-0.1, -0.05) is 61.2 Å². The molecule has 0 aromatic heterocycles. The summed E-state index contributed by atoms with van der Waals surface area (Å²) in [5.74, 6) is 0. The van der Waals surface area contributed by atoms with Crippen LogP contribution < -0.4 is 10.6 Å². The Kier molecular flexibility index (Phi) is 5.39. The Hall–Kier alpha value is -2.75. The summed E-state index contributed by atoms with van der Waals surface area (Å²) in [6.07, 6.45) is 2.53. The fourth-order valence-corrected chi connectivity index (χ4v) is 3.38. The van der Waals surface area contributed by atoms with Gasteiger partial charge < -0.3 is 15.5 Å². The maximum Gasteiger partial charge on any atom is 0.318 e. The molecule has 4 nitrogen and oxygen atoms in total. The first-order chi connectivity index (χ1) is 12.2. The third-order valence-electron chi connectivity index (χ3n) is 4.60. The van der Waals surface area contributed by atoms with Crippen molar-refractivity contribution >= 4 is 6.03 Å². The van der Waals surface area contributed by atoms with Gasteiger partial charge in [0.05, 0.1) is 6.04 Å². The molecule has 2 amide bonds. The molecule has 0 fully saturated rings. The molecule has 1 aliphatic rings. The van der Waals surface area contributed by atoms with Crippen molar-refractivity contribution in [3.05, 3.63) is 84.1 Å². The SMILES string of the molecule is C=CNC[C@H](C)NC(=O)N1CCc2ccccc2[C@@H]1c1ccccc1. The molecule has 0 unspecified atom stereocenters. The molecular formula is C21H25N3O. The van der Waals surface area contributed by atoms with E-state index in [-0.39, 0.29) is 18.1 Å². The van der Waals surface area contributed by atoms with Crippen molar-refractivity contribution in [2.75, 3.05) is 13.1 Å². The number of benzene rings is 2. The number of fused-ring (bicyclic) bond motifs is 1. The van der Waals surface area contributed by atoms with Gasteiger partial charge >= 0.3 is 6.03 Å². The first-order valence-electron chi connectivity index (χ1n) is 8.75. The van der Waals surface area contributed by atoms with E-state index < -0.39 is 0 Å². The number of hydrogen-bond donors (Lipinski definition) is 2. The Morgan fingerprint density at radius 2 is 1.96 bits per heavy atom. The van der Waals surface area contributed by atoms with Crippen LogP contribution in [-0.2, 0) is 6.42 Å². The van der Waals surface area contributed by atoms with E-state index in [1.165, 1.54) is 11.1 Å². The lowest BCUT2D eigenvalue weighted by Crippen LogP contribution is -2.50. The molecule has 3 rings (SSSR count). The van der Waals surface area contributed by atoms with Crippen molar-refractivity contribution in [1.82, 2.24) is 15.5 Å². The molecule has 0 radical (unpaired) electrons. The summed E-state index contributed by atoms with van der Waals surface area (Å²) in [7, 11) is 0. The highest BCUT2D eigenvalue weighted by Crippen LogP contribution is 2.34. The van der Waals surface area contributed by atoms with Crippen LogP contribution in [0.4, 0.5) is 4.79 Å². The zero-order valence-electron chi connectivity index (χ0n) is 14.6. The summed E-state index contributed by atoms with van der Waals surface area (Å²) >= 11 is 0. The largest absolute Gasteiger partial charge is 0.389 e. The molecule has 0 spiro atoms. The highest BCUT2D eigenvalue weighted by molar-refractivity contribution is 5.76. The molecular weight excluding hydrogens is 310 g/mol. The molecule has 25 heavy (non-hydrogen) atoms. The topological polar surface area (TPSA) is 44.4 Å². The van der Waals surface area contributed by atoms with Gasteiger partial charge in [-0.2, -0.15) is 0 Å². The van der Waals surface area contributed by atoms with E-state index in [4.69, 9.17) is 0 Å². The summed E-state index contributed by atoms with van der Waals surface area (Å²) in [5.41, 5.74) is 3.68. The Morgan fingerprint density at radius 1 is 1.24 bits per heavy atom. The van der Waals surface area contributed by atoms with Crippen molar-refractivity contribution in [3.63, 3.8) is 0 Å². The monoisotopic (exact) mass is 335 g/mol. The Labute approximate surface area is 149 Å². The lowest BCUT2D eigenvalue weighted by molar-refractivity contribution is 0.177. The van der Waals surface area contributed by atoms with Gasteiger partial charge in [-0.25, -0.2) is 4.79 Å². The average molecular weight is 335 g/mol. The second kappa shape index (κ2) is 7.88. The van der Waals surface area contributed by atoms with Gasteiger partial charge in [-0.15, -0.1) is 0 Å². The first-order valence-corrected chi connectivity index (χ1v) is 8.75. The standard InChI is InChI=1S/C21H25N3O/c1-3-22-15-16(2)23-21(25)24-14-13-17-9-7-8-12-19(17)20(24)18-10-5-4-6-11-18/h3-12,16,20,22H,1,13-15H2,2H3,(H,23,25)/t16-,20-/m0/s1. The van der Waals surface area contributed by atoms with Crippen LogP contribution in [0.25, 0.3) is 0 Å². The highest BCUT2D eigenvalue weighted by atomic mass is 16.2. The number of urea groups is 1. The lowest BCUT2D eigenvalue weighted by Gasteiger charge is -2.38. The maximum absolute atomic E-state index is 12.9. The molecule has 2 aromatic rings. The molecule has 0 bridgehead atoms. The van der Waals surface area contributed by atoms with Gasteiger partial charge in [0.2, 0.25) is 0 Å². The molecule has 2 aromatic carbocycles. The number of carbonyl (C=O) groups is 1. The summed E-state index contributed by atoms with van der Waals surface area (Å²) in [5, 5.41) is 6.14. The fourth-order valence-electron chi connectivity index (χ4n) is 3.38. The number of carbonyl (C=O) groups excluding carboxylic acids is 1. The van der Waals surface area contributed by atoms with Crippen molar-refractivity contribution in [2.24, 2.45) is 0 Å². The number of hydrogen-bond acceptors (Lipinski definition) is 2. The Balaban J connectivity index is 1.87. The van der Waals surface area contributed by atoms with Crippen LogP contribution in [0.15, 0.2) is 67.4 Å². The fraction of sp³-hybridized carbons (Fsp3) is 0.286. The number of amides is 2. The van der Waals surface area contributed by atoms with Gasteiger partial charge in [0.15, 0.2) is 0 Å². The maximum atomic E-state index is 12.9. The van der Waals surface area contributed by atoms with Crippen molar-refractivity contribution in [1.29, 1.82) is 0 Å². The van der Waals surface area contributed by atoms with Gasteiger partial charge in [0.1, 0.15) is 0 Å². The quantitative estimate of drug-likeness (QED) is 0.879. The number of nitrogens with one attached hydrogen (secondary N) is 2. The molecule has 2 N–H and O–H groups in total. The predicted molar refractivity (Wildman–Crippen MR) is 101 cm³/mol. The summed E-state index contributed by atoms with van der Waals surface area (Å²) in [6, 6.07) is 18.6. The van der Waals surface area contributed by atoms with Crippen LogP contribution in [0.3, 0.4) is 0 Å². The zero-order chi connectivity index (χ0) is 17.6. The summed E-state index contributed by atoms with van der Waals surface area (Å²) < 4.78 is 0. The van der Waals surface area contributed by atoms with Crippen LogP contribution in [0.2, 0.25) is 0 Å². The summed E-state index contributed by atoms with van der Waals surface area (Å²) in [4.78, 5) is 14.9. The minimum atomic E-state index is -0.0503. The number of rotatable bonds is 5. The van der Waals surface area contributed by atoms with E-state index in [9.17, 15) is 4.79 Å². The van der Waals surface area contributed by atoms with E-state index in [1.807, 2.05) is 36.1 Å². The molecule has 0 aliphatic carbocycles. The molecule has 0 saturated carbocycles. The van der Waals surface area contributed by atoms with Crippen molar-refractivity contribution in [3.8, 4) is 0 Å². The van der Waals surface area contributed by atoms with Crippen LogP contribution in [-0.4, -0.2) is 30.1 Å². The average Bonchev–Trinajstić information content (AvgIpc) is 2.66. The molecule has 1 aliphatic heterocycles. The molecule has 1 heterocycles. The van der Waals surface area contributed by atoms with Crippen LogP contribution in [0.5, 0.6) is 0 Å². The highest BCUT2D eigenvalue weighted by Gasteiger charge is 2.32. The summed E-state index contributed by atoms with van der Waals surface area (Å²) in [6.45, 7) is 7.01. The van der Waals surface area contributed by atoms with Crippen LogP contribution >= 0.6 is 0 Å². The second-order valence-electron chi connectivity index (χ2n) is 6.42.